The first-order valence-electron chi connectivity index (χ1n) is 7.24. The molecule has 0 aliphatic heterocycles. The second-order valence-electron chi connectivity index (χ2n) is 6.25. The molecule has 1 heterocycles. The highest BCUT2D eigenvalue weighted by molar-refractivity contribution is 5.87. The summed E-state index contributed by atoms with van der Waals surface area (Å²) in [5.74, 6) is -0.481. The van der Waals surface area contributed by atoms with E-state index in [9.17, 15) is 9.59 Å². The van der Waals surface area contributed by atoms with E-state index in [1.165, 1.54) is 18.0 Å². The number of carbonyl (C=O) groups is 2. The average molecular weight is 319 g/mol. The van der Waals surface area contributed by atoms with Crippen molar-refractivity contribution in [3.63, 3.8) is 0 Å². The summed E-state index contributed by atoms with van der Waals surface area (Å²) in [6.45, 7) is 5.39. The Morgan fingerprint density at radius 2 is 2.04 bits per heavy atom. The summed E-state index contributed by atoms with van der Waals surface area (Å²) in [5, 5.41) is 0. The lowest BCUT2D eigenvalue weighted by molar-refractivity contribution is -0.142. The Kier molecular flexibility index (Phi) is 4.70. The summed E-state index contributed by atoms with van der Waals surface area (Å²) >= 11 is 0. The average Bonchev–Trinajstić information content (AvgIpc) is 2.87. The number of rotatable bonds is 3. The third-order valence-corrected chi connectivity index (χ3v) is 3.16. The molecule has 0 saturated carbocycles. The molecule has 0 bridgehead atoms. The minimum atomic E-state index is -0.754. The molecule has 2 aromatic rings. The van der Waals surface area contributed by atoms with E-state index < -0.39 is 23.7 Å². The second-order valence-corrected chi connectivity index (χ2v) is 6.25. The topological polar surface area (TPSA) is 96.4 Å². The van der Waals surface area contributed by atoms with Crippen LogP contribution in [0.15, 0.2) is 24.5 Å². The minimum Gasteiger partial charge on any atom is -0.468 e. The highest BCUT2D eigenvalue weighted by Gasteiger charge is 2.20. The number of methoxy groups -OCH3 is 1. The van der Waals surface area contributed by atoms with Crippen molar-refractivity contribution in [1.29, 1.82) is 0 Å². The largest absolute Gasteiger partial charge is 0.468 e. The molecule has 1 aromatic heterocycles. The summed E-state index contributed by atoms with van der Waals surface area (Å²) < 4.78 is 11.3. The van der Waals surface area contributed by atoms with E-state index >= 15 is 0 Å². The molecule has 0 unspecified atom stereocenters. The zero-order valence-corrected chi connectivity index (χ0v) is 13.7. The molecule has 0 amide bonds. The fourth-order valence-electron chi connectivity index (χ4n) is 2.13. The molecule has 2 N–H and O–H groups in total. The number of hydrogen-bond donors (Lipinski definition) is 1. The zero-order chi connectivity index (χ0) is 17.2. The Hall–Kier alpha value is -2.41. The molecule has 0 spiro atoms. The van der Waals surface area contributed by atoms with Gasteiger partial charge in [0.25, 0.3) is 0 Å². The van der Waals surface area contributed by atoms with Crippen LogP contribution >= 0.6 is 0 Å². The van der Waals surface area contributed by atoms with Crippen LogP contribution in [0, 0.1) is 0 Å². The Labute approximate surface area is 134 Å². The number of aromatic nitrogens is 2. The van der Waals surface area contributed by atoms with Crippen molar-refractivity contribution < 1.29 is 19.1 Å². The van der Waals surface area contributed by atoms with Crippen molar-refractivity contribution in [3.05, 3.63) is 30.1 Å². The van der Waals surface area contributed by atoms with Crippen molar-refractivity contribution in [2.24, 2.45) is 5.73 Å². The van der Waals surface area contributed by atoms with Gasteiger partial charge < -0.3 is 15.2 Å². The molecular formula is C16H21N3O4. The van der Waals surface area contributed by atoms with E-state index in [2.05, 4.69) is 9.72 Å². The normalized spacial score (nSPS) is 12.9. The highest BCUT2D eigenvalue weighted by Crippen LogP contribution is 2.18. The summed E-state index contributed by atoms with van der Waals surface area (Å²) in [7, 11) is 1.29. The van der Waals surface area contributed by atoms with Crippen LogP contribution in [0.3, 0.4) is 0 Å². The van der Waals surface area contributed by atoms with E-state index in [0.29, 0.717) is 17.5 Å². The molecule has 1 aromatic carbocycles. The van der Waals surface area contributed by atoms with Gasteiger partial charge in [0.05, 0.1) is 18.1 Å². The maximum absolute atomic E-state index is 12.2. The lowest BCUT2D eigenvalue weighted by Crippen LogP contribution is -2.33. The second kappa shape index (κ2) is 6.37. The van der Waals surface area contributed by atoms with Crippen LogP contribution in [-0.2, 0) is 20.7 Å². The molecule has 124 valence electrons. The summed E-state index contributed by atoms with van der Waals surface area (Å²) in [4.78, 5) is 27.8. The van der Waals surface area contributed by atoms with E-state index in [-0.39, 0.29) is 0 Å². The molecule has 0 aliphatic carbocycles. The number of nitrogens with zero attached hydrogens (tertiary/aromatic N) is 2. The summed E-state index contributed by atoms with van der Waals surface area (Å²) in [6.07, 6.45) is 1.22. The maximum atomic E-state index is 12.2. The summed E-state index contributed by atoms with van der Waals surface area (Å²) in [5.41, 5.74) is 7.24. The Balaban J connectivity index is 2.30. The lowest BCUT2D eigenvalue weighted by atomic mass is 10.1. The van der Waals surface area contributed by atoms with E-state index in [0.717, 1.165) is 5.56 Å². The molecule has 1 atom stereocenters. The molecule has 0 fully saturated rings. The quantitative estimate of drug-likeness (QED) is 0.867. The number of esters is 1. The highest BCUT2D eigenvalue weighted by atomic mass is 16.6. The SMILES string of the molecule is COC(=O)[C@H](N)Cc1ccc2ncn(C(=O)OC(C)(C)C)c2c1. The van der Waals surface area contributed by atoms with Crippen molar-refractivity contribution >= 4 is 23.1 Å². The van der Waals surface area contributed by atoms with Gasteiger partial charge in [0.2, 0.25) is 0 Å². The van der Waals surface area contributed by atoms with Gasteiger partial charge in [-0.25, -0.2) is 14.3 Å². The van der Waals surface area contributed by atoms with Gasteiger partial charge in [-0.1, -0.05) is 6.07 Å². The van der Waals surface area contributed by atoms with Gasteiger partial charge in [0.1, 0.15) is 18.0 Å². The number of hydrogen-bond acceptors (Lipinski definition) is 6. The molecule has 7 nitrogen and oxygen atoms in total. The van der Waals surface area contributed by atoms with Crippen molar-refractivity contribution in [3.8, 4) is 0 Å². The van der Waals surface area contributed by atoms with Crippen molar-refractivity contribution in [2.45, 2.75) is 38.8 Å². The Morgan fingerprint density at radius 1 is 1.35 bits per heavy atom. The first kappa shape index (κ1) is 17.0. The van der Waals surface area contributed by atoms with Gasteiger partial charge >= 0.3 is 12.1 Å². The minimum absolute atomic E-state index is 0.308. The first-order valence-corrected chi connectivity index (χ1v) is 7.24. The van der Waals surface area contributed by atoms with Gasteiger partial charge in [-0.15, -0.1) is 0 Å². The van der Waals surface area contributed by atoms with Gasteiger partial charge in [-0.3, -0.25) is 4.79 Å². The van der Waals surface area contributed by atoms with Crippen molar-refractivity contribution in [1.82, 2.24) is 9.55 Å². The fourth-order valence-corrected chi connectivity index (χ4v) is 2.13. The molecule has 0 radical (unpaired) electrons. The van der Waals surface area contributed by atoms with Crippen LogP contribution < -0.4 is 5.73 Å². The third kappa shape index (κ3) is 4.07. The van der Waals surface area contributed by atoms with Gasteiger partial charge in [-0.05, 0) is 44.9 Å². The molecule has 7 heteroatoms. The smallest absolute Gasteiger partial charge is 0.420 e. The van der Waals surface area contributed by atoms with Crippen LogP contribution in [0.1, 0.15) is 26.3 Å². The number of carbonyl (C=O) groups excluding carboxylic acids is 2. The zero-order valence-electron chi connectivity index (χ0n) is 13.7. The Bertz CT molecular complexity index is 730. The van der Waals surface area contributed by atoms with Crippen LogP contribution in [0.25, 0.3) is 11.0 Å². The molecule has 0 aliphatic rings. The molecular weight excluding hydrogens is 298 g/mol. The predicted octanol–water partition coefficient (Wildman–Crippen LogP) is 1.86. The first-order chi connectivity index (χ1) is 10.7. The molecule has 0 saturated heterocycles. The number of fused-ring (bicyclic) bond motifs is 1. The standard InChI is InChI=1S/C16H21N3O4/c1-16(2,3)23-15(21)19-9-18-12-6-5-10(8-13(12)19)7-11(17)14(20)22-4/h5-6,8-9,11H,7,17H2,1-4H3/t11-/m1/s1. The Morgan fingerprint density at radius 3 is 2.65 bits per heavy atom. The number of imidazole rings is 1. The van der Waals surface area contributed by atoms with Gasteiger partial charge in [0, 0.05) is 0 Å². The van der Waals surface area contributed by atoms with Crippen LogP contribution in [0.4, 0.5) is 4.79 Å². The van der Waals surface area contributed by atoms with Crippen molar-refractivity contribution in [2.75, 3.05) is 7.11 Å². The van der Waals surface area contributed by atoms with E-state index in [4.69, 9.17) is 10.5 Å². The predicted molar refractivity (Wildman–Crippen MR) is 85.1 cm³/mol. The van der Waals surface area contributed by atoms with E-state index in [1.54, 1.807) is 32.9 Å². The molecule has 23 heavy (non-hydrogen) atoms. The van der Waals surface area contributed by atoms with Gasteiger partial charge in [0.15, 0.2) is 0 Å². The van der Waals surface area contributed by atoms with Crippen LogP contribution in [0.5, 0.6) is 0 Å². The maximum Gasteiger partial charge on any atom is 0.420 e. The van der Waals surface area contributed by atoms with Gasteiger partial charge in [-0.2, -0.15) is 0 Å². The number of nitrogens with two attached hydrogens (primary N) is 1. The third-order valence-electron chi connectivity index (χ3n) is 3.16. The lowest BCUT2D eigenvalue weighted by Gasteiger charge is -2.19. The number of ether oxygens (including phenoxy) is 2. The summed E-state index contributed by atoms with van der Waals surface area (Å²) in [6, 6.07) is 4.61. The fraction of sp³-hybridized carbons (Fsp3) is 0.438. The molecule has 2 rings (SSSR count). The van der Waals surface area contributed by atoms with Crippen LogP contribution in [-0.4, -0.2) is 40.4 Å². The van der Waals surface area contributed by atoms with Crippen LogP contribution in [0.2, 0.25) is 0 Å². The monoisotopic (exact) mass is 319 g/mol. The number of benzene rings is 1. The van der Waals surface area contributed by atoms with E-state index in [1.807, 2.05) is 6.07 Å².